The lowest BCUT2D eigenvalue weighted by molar-refractivity contribution is 0.0599. The molecule has 4 heteroatoms. The number of ether oxygens (including phenoxy) is 1. The van der Waals surface area contributed by atoms with Crippen LogP contribution in [-0.4, -0.2) is 18.1 Å². The van der Waals surface area contributed by atoms with E-state index in [1.54, 1.807) is 13.0 Å². The molecular weight excluding hydrogens is 156 g/mol. The van der Waals surface area contributed by atoms with Crippen LogP contribution in [0.3, 0.4) is 0 Å². The molecular formula is C8H10N2O2. The molecule has 0 bridgehead atoms. The molecule has 0 saturated heterocycles. The molecule has 0 unspecified atom stereocenters. The van der Waals surface area contributed by atoms with E-state index in [1.807, 2.05) is 0 Å². The van der Waals surface area contributed by atoms with E-state index in [1.165, 1.54) is 13.3 Å². The summed E-state index contributed by atoms with van der Waals surface area (Å²) in [5.41, 5.74) is 6.63. The molecule has 0 amide bonds. The fourth-order valence-electron chi connectivity index (χ4n) is 0.901. The number of hydrogen-bond donors (Lipinski definition) is 1. The molecule has 0 radical (unpaired) electrons. The molecule has 4 nitrogen and oxygen atoms in total. The highest BCUT2D eigenvalue weighted by Crippen LogP contribution is 2.09. The summed E-state index contributed by atoms with van der Waals surface area (Å²) in [6.45, 7) is 1.78. The van der Waals surface area contributed by atoms with E-state index >= 15 is 0 Å². The highest BCUT2D eigenvalue weighted by atomic mass is 16.5. The Kier molecular flexibility index (Phi) is 2.28. The van der Waals surface area contributed by atoms with E-state index < -0.39 is 0 Å². The fourth-order valence-corrected chi connectivity index (χ4v) is 0.901. The number of pyridine rings is 1. The Morgan fingerprint density at radius 2 is 2.33 bits per heavy atom. The second-order valence-electron chi connectivity index (χ2n) is 2.42. The maximum Gasteiger partial charge on any atom is 0.339 e. The molecule has 0 aliphatic carbocycles. The van der Waals surface area contributed by atoms with Crippen LogP contribution in [0.2, 0.25) is 0 Å². The zero-order chi connectivity index (χ0) is 9.14. The molecule has 1 aromatic heterocycles. The Morgan fingerprint density at radius 1 is 1.67 bits per heavy atom. The molecule has 0 atom stereocenters. The van der Waals surface area contributed by atoms with Gasteiger partial charge in [-0.3, -0.25) is 0 Å². The van der Waals surface area contributed by atoms with Gasteiger partial charge in [0.25, 0.3) is 0 Å². The van der Waals surface area contributed by atoms with E-state index in [-0.39, 0.29) is 5.97 Å². The first-order chi connectivity index (χ1) is 5.65. The maximum absolute atomic E-state index is 11.0. The second kappa shape index (κ2) is 3.21. The van der Waals surface area contributed by atoms with Crippen molar-refractivity contribution in [3.8, 4) is 0 Å². The highest BCUT2D eigenvalue weighted by molar-refractivity contribution is 5.90. The Hall–Kier alpha value is -1.58. The molecule has 12 heavy (non-hydrogen) atoms. The van der Waals surface area contributed by atoms with Crippen LogP contribution in [0.1, 0.15) is 15.9 Å². The minimum absolute atomic E-state index is 0.389. The number of rotatable bonds is 1. The van der Waals surface area contributed by atoms with Crippen LogP contribution in [0.15, 0.2) is 12.3 Å². The minimum Gasteiger partial charge on any atom is -0.465 e. The zero-order valence-electron chi connectivity index (χ0n) is 7.00. The summed E-state index contributed by atoms with van der Waals surface area (Å²) in [4.78, 5) is 14.8. The van der Waals surface area contributed by atoms with Crippen molar-refractivity contribution in [1.29, 1.82) is 0 Å². The van der Waals surface area contributed by atoms with E-state index in [4.69, 9.17) is 5.73 Å². The van der Waals surface area contributed by atoms with Gasteiger partial charge >= 0.3 is 5.97 Å². The van der Waals surface area contributed by atoms with Gasteiger partial charge in [0.1, 0.15) is 5.82 Å². The smallest absolute Gasteiger partial charge is 0.339 e. The van der Waals surface area contributed by atoms with E-state index in [0.717, 1.165) is 5.56 Å². The van der Waals surface area contributed by atoms with Gasteiger partial charge in [0, 0.05) is 6.20 Å². The molecule has 0 spiro atoms. The van der Waals surface area contributed by atoms with Crippen LogP contribution in [0.5, 0.6) is 0 Å². The highest BCUT2D eigenvalue weighted by Gasteiger charge is 2.08. The number of carbonyl (C=O) groups is 1. The topological polar surface area (TPSA) is 65.2 Å². The Morgan fingerprint density at radius 3 is 2.83 bits per heavy atom. The lowest BCUT2D eigenvalue weighted by Gasteiger charge is -2.02. The number of nitrogens with two attached hydrogens (primary N) is 1. The van der Waals surface area contributed by atoms with Crippen molar-refractivity contribution in [2.45, 2.75) is 6.92 Å². The summed E-state index contributed by atoms with van der Waals surface area (Å²) < 4.78 is 4.54. The fraction of sp³-hybridized carbons (Fsp3) is 0.250. The number of hydrogen-bond acceptors (Lipinski definition) is 4. The van der Waals surface area contributed by atoms with E-state index in [2.05, 4.69) is 9.72 Å². The van der Waals surface area contributed by atoms with Gasteiger partial charge in [0.05, 0.1) is 12.7 Å². The monoisotopic (exact) mass is 166 g/mol. The van der Waals surface area contributed by atoms with Gasteiger partial charge in [-0.05, 0) is 18.6 Å². The number of nitrogen functional groups attached to an aromatic ring is 1. The molecule has 0 saturated carbocycles. The number of carbonyl (C=O) groups excluding carboxylic acids is 1. The summed E-state index contributed by atoms with van der Waals surface area (Å²) in [5, 5.41) is 0. The number of anilines is 1. The van der Waals surface area contributed by atoms with Crippen molar-refractivity contribution in [3.63, 3.8) is 0 Å². The van der Waals surface area contributed by atoms with Crippen molar-refractivity contribution in [3.05, 3.63) is 23.4 Å². The van der Waals surface area contributed by atoms with Crippen molar-refractivity contribution < 1.29 is 9.53 Å². The first kappa shape index (κ1) is 8.52. The zero-order valence-corrected chi connectivity index (χ0v) is 7.00. The quantitative estimate of drug-likeness (QED) is 0.625. The summed E-state index contributed by atoms with van der Waals surface area (Å²) in [7, 11) is 1.33. The third-order valence-electron chi connectivity index (χ3n) is 1.54. The third kappa shape index (κ3) is 1.53. The normalized spacial score (nSPS) is 9.50. The van der Waals surface area contributed by atoms with Crippen LogP contribution in [0.25, 0.3) is 0 Å². The predicted molar refractivity (Wildman–Crippen MR) is 44.7 cm³/mol. The molecule has 0 fully saturated rings. The number of esters is 1. The van der Waals surface area contributed by atoms with Gasteiger partial charge in [0.2, 0.25) is 0 Å². The van der Waals surface area contributed by atoms with Crippen LogP contribution in [0.4, 0.5) is 5.82 Å². The molecule has 1 rings (SSSR count). The lowest BCUT2D eigenvalue weighted by atomic mass is 10.1. The summed E-state index contributed by atoms with van der Waals surface area (Å²) in [6, 6.07) is 1.63. The third-order valence-corrected chi connectivity index (χ3v) is 1.54. The maximum atomic E-state index is 11.0. The van der Waals surface area contributed by atoms with Crippen LogP contribution >= 0.6 is 0 Å². The number of aromatic nitrogens is 1. The Labute approximate surface area is 70.4 Å². The largest absolute Gasteiger partial charge is 0.465 e. The van der Waals surface area contributed by atoms with Gasteiger partial charge in [-0.1, -0.05) is 0 Å². The Bertz CT molecular complexity index is 310. The molecule has 2 N–H and O–H groups in total. The van der Waals surface area contributed by atoms with Gasteiger partial charge in [0.15, 0.2) is 0 Å². The number of aryl methyl sites for hydroxylation is 1. The van der Waals surface area contributed by atoms with Crippen LogP contribution in [-0.2, 0) is 4.74 Å². The number of nitrogens with zero attached hydrogens (tertiary/aromatic N) is 1. The van der Waals surface area contributed by atoms with E-state index in [9.17, 15) is 4.79 Å². The lowest BCUT2D eigenvalue weighted by Crippen LogP contribution is -2.05. The summed E-state index contributed by atoms with van der Waals surface area (Å²) >= 11 is 0. The van der Waals surface area contributed by atoms with Crippen molar-refractivity contribution in [1.82, 2.24) is 4.98 Å². The Balaban J connectivity index is 3.09. The van der Waals surface area contributed by atoms with Crippen molar-refractivity contribution in [2.75, 3.05) is 12.8 Å². The second-order valence-corrected chi connectivity index (χ2v) is 2.42. The van der Waals surface area contributed by atoms with Crippen molar-refractivity contribution in [2.24, 2.45) is 0 Å². The molecule has 0 aliphatic heterocycles. The molecule has 0 aromatic carbocycles. The SMILES string of the molecule is COC(=O)c1cnc(N)cc1C. The number of methoxy groups -OCH3 is 1. The average Bonchev–Trinajstić information content (AvgIpc) is 2.03. The molecule has 1 aromatic rings. The van der Waals surface area contributed by atoms with Gasteiger partial charge in [-0.2, -0.15) is 0 Å². The first-order valence-corrected chi connectivity index (χ1v) is 3.45. The summed E-state index contributed by atoms with van der Waals surface area (Å²) in [6.07, 6.45) is 1.41. The summed E-state index contributed by atoms with van der Waals surface area (Å²) in [5.74, 6) is 0.0140. The predicted octanol–water partition coefficient (Wildman–Crippen LogP) is 0.759. The van der Waals surface area contributed by atoms with Gasteiger partial charge < -0.3 is 10.5 Å². The van der Waals surface area contributed by atoms with Crippen LogP contribution < -0.4 is 5.73 Å². The first-order valence-electron chi connectivity index (χ1n) is 3.45. The minimum atomic E-state index is -0.389. The molecule has 1 heterocycles. The van der Waals surface area contributed by atoms with Gasteiger partial charge in [-0.25, -0.2) is 9.78 Å². The standard InChI is InChI=1S/C8H10N2O2/c1-5-3-7(9)10-4-6(5)8(11)12-2/h3-4H,1-2H3,(H2,9,10). The molecule has 64 valence electrons. The van der Waals surface area contributed by atoms with Gasteiger partial charge in [-0.15, -0.1) is 0 Å². The van der Waals surface area contributed by atoms with Crippen LogP contribution in [0, 0.1) is 6.92 Å². The van der Waals surface area contributed by atoms with E-state index in [0.29, 0.717) is 11.4 Å². The van der Waals surface area contributed by atoms with Crippen molar-refractivity contribution >= 4 is 11.8 Å². The average molecular weight is 166 g/mol. The molecule has 0 aliphatic rings.